The number of aliphatic carboxylic acids is 1. The topological polar surface area (TPSA) is 69.2 Å². The zero-order valence-electron chi connectivity index (χ0n) is 7.67. The maximum absolute atomic E-state index is 10.8. The molecule has 0 radical (unpaired) electrons. The number of carbonyl (C=O) groups excluding carboxylic acids is 2. The maximum atomic E-state index is 10.8. The van der Waals surface area contributed by atoms with Crippen LogP contribution in [0.2, 0.25) is 0 Å². The van der Waals surface area contributed by atoms with Gasteiger partial charge in [0, 0.05) is 0 Å². The number of carbonyl (C=O) groups is 2. The number of hydrogen-bond acceptors (Lipinski definition) is 3. The molecule has 0 fully saturated rings. The molecule has 76 valence electrons. The fourth-order valence-electron chi connectivity index (χ4n) is 0.881. The van der Waals surface area contributed by atoms with E-state index in [1.807, 2.05) is 6.92 Å². The Hall–Kier alpha value is -0.770. The van der Waals surface area contributed by atoms with Crippen LogP contribution >= 0.6 is 11.6 Å². The molecule has 1 amide bonds. The van der Waals surface area contributed by atoms with Gasteiger partial charge in [0.25, 0.3) is 0 Å². The lowest BCUT2D eigenvalue weighted by molar-refractivity contribution is -0.309. The highest BCUT2D eigenvalue weighted by Crippen LogP contribution is 2.06. The lowest BCUT2D eigenvalue weighted by atomic mass is 9.99. The third-order valence-electron chi connectivity index (χ3n) is 1.90. The second-order valence-corrected chi connectivity index (χ2v) is 3.15. The molecule has 0 aromatic carbocycles. The molecule has 0 saturated carbocycles. The maximum Gasteiger partial charge on any atom is 0.235 e. The Morgan fingerprint density at radius 1 is 1.54 bits per heavy atom. The van der Waals surface area contributed by atoms with Crippen LogP contribution in [0, 0.1) is 5.92 Å². The molecule has 1 N–H and O–H groups in total. The van der Waals surface area contributed by atoms with Crippen LogP contribution in [0.5, 0.6) is 0 Å². The first-order chi connectivity index (χ1) is 6.02. The molecule has 0 bridgehead atoms. The summed E-state index contributed by atoms with van der Waals surface area (Å²) >= 11 is 5.22. The Morgan fingerprint density at radius 3 is 2.38 bits per heavy atom. The standard InChI is InChI=1S/C8H14ClNO3/c1-3-5(2)7(8(12)13)10-6(11)4-9/h5,7H,3-4H2,1-2H3,(H,10,11)(H,12,13)/p-1/t5-,7+/m1/s1. The summed E-state index contributed by atoms with van der Waals surface area (Å²) in [5, 5.41) is 12.9. The Morgan fingerprint density at radius 2 is 2.08 bits per heavy atom. The monoisotopic (exact) mass is 206 g/mol. The van der Waals surface area contributed by atoms with E-state index in [0.29, 0.717) is 6.42 Å². The molecule has 0 unspecified atom stereocenters. The summed E-state index contributed by atoms with van der Waals surface area (Å²) in [7, 11) is 0. The molecule has 0 heterocycles. The van der Waals surface area contributed by atoms with Gasteiger partial charge in [-0.3, -0.25) is 4.79 Å². The van der Waals surface area contributed by atoms with Crippen LogP contribution in [0.4, 0.5) is 0 Å². The average Bonchev–Trinajstić information content (AvgIpc) is 2.11. The van der Waals surface area contributed by atoms with E-state index in [4.69, 9.17) is 11.6 Å². The highest BCUT2D eigenvalue weighted by atomic mass is 35.5. The smallest absolute Gasteiger partial charge is 0.235 e. The molecule has 0 spiro atoms. The average molecular weight is 207 g/mol. The van der Waals surface area contributed by atoms with E-state index in [0.717, 1.165) is 0 Å². The van der Waals surface area contributed by atoms with E-state index in [-0.39, 0.29) is 11.8 Å². The highest BCUT2D eigenvalue weighted by molar-refractivity contribution is 6.27. The molecule has 0 aromatic rings. The van der Waals surface area contributed by atoms with Gasteiger partial charge < -0.3 is 15.2 Å². The molecule has 0 aromatic heterocycles. The molecule has 2 atom stereocenters. The Labute approximate surface area is 82.3 Å². The van der Waals surface area contributed by atoms with Gasteiger partial charge in [0.1, 0.15) is 5.88 Å². The van der Waals surface area contributed by atoms with Crippen molar-refractivity contribution < 1.29 is 14.7 Å². The van der Waals surface area contributed by atoms with Crippen molar-refractivity contribution in [2.45, 2.75) is 26.3 Å². The van der Waals surface area contributed by atoms with Crippen LogP contribution in [0.15, 0.2) is 0 Å². The summed E-state index contributed by atoms with van der Waals surface area (Å²) in [6.45, 7) is 3.57. The summed E-state index contributed by atoms with van der Waals surface area (Å²) in [5.41, 5.74) is 0. The molecular formula is C8H13ClNO3-. The lowest BCUT2D eigenvalue weighted by Gasteiger charge is -2.24. The number of carboxylic acid groups (broad SMARTS) is 1. The molecular weight excluding hydrogens is 194 g/mol. The minimum atomic E-state index is -1.27. The van der Waals surface area contributed by atoms with Crippen molar-refractivity contribution in [1.29, 1.82) is 0 Å². The number of rotatable bonds is 5. The summed E-state index contributed by atoms with van der Waals surface area (Å²) < 4.78 is 0. The Balaban J connectivity index is 4.26. The van der Waals surface area contributed by atoms with Gasteiger partial charge in [-0.2, -0.15) is 0 Å². The van der Waals surface area contributed by atoms with Crippen LogP contribution < -0.4 is 10.4 Å². The van der Waals surface area contributed by atoms with Gasteiger partial charge in [-0.1, -0.05) is 20.3 Å². The second kappa shape index (κ2) is 5.80. The molecule has 4 nitrogen and oxygen atoms in total. The second-order valence-electron chi connectivity index (χ2n) is 2.88. The number of amides is 1. The number of nitrogens with one attached hydrogen (secondary N) is 1. The summed E-state index contributed by atoms with van der Waals surface area (Å²) in [6, 6.07) is -0.948. The van der Waals surface area contributed by atoms with Crippen LogP contribution in [0.1, 0.15) is 20.3 Å². The van der Waals surface area contributed by atoms with Crippen molar-refractivity contribution >= 4 is 23.5 Å². The van der Waals surface area contributed by atoms with Crippen molar-refractivity contribution in [2.75, 3.05) is 5.88 Å². The van der Waals surface area contributed by atoms with Crippen molar-refractivity contribution in [3.05, 3.63) is 0 Å². The van der Waals surface area contributed by atoms with Gasteiger partial charge >= 0.3 is 0 Å². The SMILES string of the molecule is CC[C@@H](C)[C@H](NC(=O)CCl)C(=O)[O-]. The molecule has 0 aliphatic heterocycles. The van der Waals surface area contributed by atoms with Crippen molar-refractivity contribution in [2.24, 2.45) is 5.92 Å². The van der Waals surface area contributed by atoms with E-state index in [9.17, 15) is 14.7 Å². The normalized spacial score (nSPS) is 14.7. The minimum absolute atomic E-state index is 0.155. The zero-order valence-corrected chi connectivity index (χ0v) is 8.43. The molecule has 0 aliphatic carbocycles. The first-order valence-electron chi connectivity index (χ1n) is 4.09. The summed E-state index contributed by atoms with van der Waals surface area (Å²) in [6.07, 6.45) is 0.654. The first kappa shape index (κ1) is 12.2. The highest BCUT2D eigenvalue weighted by Gasteiger charge is 2.18. The summed E-state index contributed by atoms with van der Waals surface area (Å²) in [4.78, 5) is 21.4. The quantitative estimate of drug-likeness (QED) is 0.617. The number of hydrogen-bond donors (Lipinski definition) is 1. The fourth-order valence-corrected chi connectivity index (χ4v) is 0.958. The van der Waals surface area contributed by atoms with E-state index < -0.39 is 17.9 Å². The van der Waals surface area contributed by atoms with E-state index in [1.165, 1.54) is 0 Å². The van der Waals surface area contributed by atoms with Gasteiger partial charge in [0.15, 0.2) is 0 Å². The predicted octanol–water partition coefficient (Wildman–Crippen LogP) is -0.494. The number of alkyl halides is 1. The van der Waals surface area contributed by atoms with Crippen LogP contribution in [-0.4, -0.2) is 23.8 Å². The zero-order chi connectivity index (χ0) is 10.4. The van der Waals surface area contributed by atoms with Crippen LogP contribution in [-0.2, 0) is 9.59 Å². The van der Waals surface area contributed by atoms with Crippen molar-refractivity contribution in [1.82, 2.24) is 5.32 Å². The molecule has 5 heteroatoms. The molecule has 13 heavy (non-hydrogen) atoms. The Bertz CT molecular complexity index is 196. The van der Waals surface area contributed by atoms with Crippen molar-refractivity contribution in [3.63, 3.8) is 0 Å². The van der Waals surface area contributed by atoms with Crippen LogP contribution in [0.3, 0.4) is 0 Å². The van der Waals surface area contributed by atoms with Crippen LogP contribution in [0.25, 0.3) is 0 Å². The largest absolute Gasteiger partial charge is 0.548 e. The van der Waals surface area contributed by atoms with E-state index in [2.05, 4.69) is 5.32 Å². The molecule has 0 saturated heterocycles. The van der Waals surface area contributed by atoms with Gasteiger partial charge in [-0.25, -0.2) is 0 Å². The third kappa shape index (κ3) is 4.12. The first-order valence-corrected chi connectivity index (χ1v) is 4.62. The minimum Gasteiger partial charge on any atom is -0.548 e. The number of halogens is 1. The fraction of sp³-hybridized carbons (Fsp3) is 0.750. The Kier molecular flexibility index (Phi) is 5.46. The van der Waals surface area contributed by atoms with Gasteiger partial charge in [-0.05, 0) is 5.92 Å². The molecule has 0 rings (SSSR count). The molecule has 0 aliphatic rings. The number of carboxylic acids is 1. The van der Waals surface area contributed by atoms with E-state index in [1.54, 1.807) is 6.92 Å². The van der Waals surface area contributed by atoms with E-state index >= 15 is 0 Å². The summed E-state index contributed by atoms with van der Waals surface area (Å²) in [5.74, 6) is -2.15. The third-order valence-corrected chi connectivity index (χ3v) is 2.15. The predicted molar refractivity (Wildman–Crippen MR) is 47.1 cm³/mol. The van der Waals surface area contributed by atoms with Gasteiger partial charge in [0.2, 0.25) is 5.91 Å². The van der Waals surface area contributed by atoms with Crippen molar-refractivity contribution in [3.8, 4) is 0 Å². The van der Waals surface area contributed by atoms with Gasteiger partial charge in [0.05, 0.1) is 12.0 Å². The lowest BCUT2D eigenvalue weighted by Crippen LogP contribution is -2.51. The van der Waals surface area contributed by atoms with Gasteiger partial charge in [-0.15, -0.1) is 11.6 Å².